The van der Waals surface area contributed by atoms with Gasteiger partial charge in [0, 0.05) is 38.5 Å². The molecule has 0 aromatic heterocycles. The summed E-state index contributed by atoms with van der Waals surface area (Å²) in [7, 11) is 0. The molecule has 4 fully saturated rings. The maximum Gasteiger partial charge on any atom is 0.511 e. The van der Waals surface area contributed by atoms with Crippen molar-refractivity contribution in [2.75, 3.05) is 13.2 Å². The normalized spacial score (nSPS) is 24.7. The van der Waals surface area contributed by atoms with Crippen molar-refractivity contribution in [3.05, 3.63) is 24.3 Å². The topological polar surface area (TPSA) is 158 Å². The van der Waals surface area contributed by atoms with Crippen molar-refractivity contribution in [2.24, 2.45) is 52.3 Å². The molecule has 12 heteroatoms. The summed E-state index contributed by atoms with van der Waals surface area (Å²) in [5.41, 5.74) is 0.339. The summed E-state index contributed by atoms with van der Waals surface area (Å²) in [4.78, 5) is 77.6. The maximum absolute atomic E-state index is 13.3. The lowest BCUT2D eigenvalue weighted by Crippen LogP contribution is -2.54. The number of carbonyl (C=O) groups is 6. The summed E-state index contributed by atoms with van der Waals surface area (Å²) in [6, 6.07) is 0. The van der Waals surface area contributed by atoms with E-state index < -0.39 is 30.5 Å². The molecular weight excluding hydrogens is 1070 g/mol. The molecule has 0 aromatic carbocycles. The van der Waals surface area contributed by atoms with E-state index >= 15 is 0 Å². The van der Waals surface area contributed by atoms with E-state index in [1.165, 1.54) is 116 Å². The zero-order valence-electron chi connectivity index (χ0n) is 55.4. The Labute approximate surface area is 517 Å². The van der Waals surface area contributed by atoms with Crippen LogP contribution < -0.4 is 0 Å². The zero-order chi connectivity index (χ0) is 61.7. The van der Waals surface area contributed by atoms with Crippen LogP contribution in [0.3, 0.4) is 0 Å². The maximum atomic E-state index is 13.3. The molecule has 0 aliphatic heterocycles. The zero-order valence-corrected chi connectivity index (χ0v) is 55.4. The van der Waals surface area contributed by atoms with Gasteiger partial charge < -0.3 is 28.4 Å². The summed E-state index contributed by atoms with van der Waals surface area (Å²) in [5.74, 6) is 1.19. The smallest absolute Gasteiger partial charge is 0.462 e. The molecule has 0 spiro atoms. The van der Waals surface area contributed by atoms with Crippen molar-refractivity contribution in [1.29, 1.82) is 0 Å². The predicted octanol–water partition coefficient (Wildman–Crippen LogP) is 19.6. The van der Waals surface area contributed by atoms with Crippen LogP contribution in [-0.4, -0.2) is 67.5 Å². The van der Waals surface area contributed by atoms with Crippen LogP contribution in [0.15, 0.2) is 24.3 Å². The molecule has 0 bridgehead atoms. The van der Waals surface area contributed by atoms with Gasteiger partial charge in [0.1, 0.15) is 25.1 Å². The molecule has 0 aromatic rings. The number of unbranched alkanes of at least 4 members (excludes halogenated alkanes) is 22. The molecule has 4 rings (SSSR count). The monoisotopic (exact) mass is 1190 g/mol. The van der Waals surface area contributed by atoms with Gasteiger partial charge in [0.2, 0.25) is 6.29 Å². The number of hydrogen-bond acceptors (Lipinski definition) is 12. The molecule has 0 N–H and O–H groups in total. The highest BCUT2D eigenvalue weighted by Crippen LogP contribution is 2.67. The Bertz CT molecular complexity index is 1910. The van der Waals surface area contributed by atoms with Gasteiger partial charge in [-0.2, -0.15) is 0 Å². The van der Waals surface area contributed by atoms with E-state index in [1.807, 2.05) is 13.8 Å². The van der Waals surface area contributed by atoms with Crippen molar-refractivity contribution in [1.82, 2.24) is 0 Å². The van der Waals surface area contributed by atoms with Crippen LogP contribution in [0.5, 0.6) is 0 Å². The Morgan fingerprint density at radius 1 is 0.482 bits per heavy atom. The third-order valence-corrected chi connectivity index (χ3v) is 20.6. The molecule has 0 heterocycles. The number of allylic oxidation sites excluding steroid dienone is 4. The lowest BCUT2D eigenvalue weighted by molar-refractivity contribution is -0.172. The van der Waals surface area contributed by atoms with Gasteiger partial charge in [-0.25, -0.2) is 4.79 Å². The number of ether oxygens (including phenoxy) is 6. The van der Waals surface area contributed by atoms with E-state index in [0.717, 1.165) is 116 Å². The van der Waals surface area contributed by atoms with E-state index in [0.29, 0.717) is 42.3 Å². The summed E-state index contributed by atoms with van der Waals surface area (Å²) < 4.78 is 33.8. The second kappa shape index (κ2) is 42.3. The molecule has 0 saturated heterocycles. The third kappa shape index (κ3) is 28.6. The fourth-order valence-corrected chi connectivity index (χ4v) is 15.4. The van der Waals surface area contributed by atoms with Crippen LogP contribution in [0.4, 0.5) is 4.79 Å². The third-order valence-electron chi connectivity index (χ3n) is 20.6. The fourth-order valence-electron chi connectivity index (χ4n) is 15.4. The van der Waals surface area contributed by atoms with Gasteiger partial charge in [-0.1, -0.05) is 169 Å². The van der Waals surface area contributed by atoms with Gasteiger partial charge >= 0.3 is 30.0 Å². The number of ketones is 1. The average molecular weight is 1190 g/mol. The number of carbonyl (C=O) groups excluding carboxylic acids is 6. The molecule has 4 aliphatic carbocycles. The number of esters is 4. The molecule has 3 unspecified atom stereocenters. The Morgan fingerprint density at radius 3 is 1.42 bits per heavy atom. The van der Waals surface area contributed by atoms with Crippen LogP contribution in [-0.2, 0) is 52.4 Å². The molecule has 488 valence electrons. The van der Waals surface area contributed by atoms with E-state index in [9.17, 15) is 28.8 Å². The summed E-state index contributed by atoms with van der Waals surface area (Å²) in [5, 5.41) is 0. The van der Waals surface area contributed by atoms with E-state index in [4.69, 9.17) is 28.4 Å². The Balaban J connectivity index is 1.11. The Hall–Kier alpha value is -3.70. The highest BCUT2D eigenvalue weighted by Gasteiger charge is 2.61. The molecule has 0 amide bonds. The van der Waals surface area contributed by atoms with Crippen LogP contribution in [0.1, 0.15) is 319 Å². The highest BCUT2D eigenvalue weighted by atomic mass is 16.8. The number of rotatable bonds is 46. The summed E-state index contributed by atoms with van der Waals surface area (Å²) >= 11 is 0. The lowest BCUT2D eigenvalue weighted by atomic mass is 9.44. The number of Topliss-reactive ketones (excluding diaryl/α,β-unsaturated/α-hetero) is 1. The van der Waals surface area contributed by atoms with Crippen LogP contribution in [0.2, 0.25) is 0 Å². The minimum atomic E-state index is -1.10. The molecule has 0 radical (unpaired) electrons. The van der Waals surface area contributed by atoms with Crippen molar-refractivity contribution in [2.45, 2.75) is 337 Å². The average Bonchev–Trinajstić information content (AvgIpc) is 1.79. The van der Waals surface area contributed by atoms with E-state index in [-0.39, 0.29) is 85.5 Å². The largest absolute Gasteiger partial charge is 0.511 e. The first-order valence-corrected chi connectivity index (χ1v) is 35.4. The molecular formula is C73H124O12. The van der Waals surface area contributed by atoms with Crippen molar-refractivity contribution in [3.8, 4) is 0 Å². The highest BCUT2D eigenvalue weighted by molar-refractivity contribution is 5.79. The van der Waals surface area contributed by atoms with E-state index in [2.05, 4.69) is 52.0 Å². The fraction of sp³-hybridized carbons (Fsp3) is 0.863. The summed E-state index contributed by atoms with van der Waals surface area (Å²) in [6.45, 7) is 16.2. The second-order valence-corrected chi connectivity index (χ2v) is 27.7. The number of fused-ring (bicyclic) bond motifs is 5. The van der Waals surface area contributed by atoms with Gasteiger partial charge in [-0.05, 0) is 188 Å². The first-order chi connectivity index (χ1) is 41.0. The van der Waals surface area contributed by atoms with Crippen molar-refractivity contribution in [3.63, 3.8) is 0 Å². The van der Waals surface area contributed by atoms with Crippen molar-refractivity contribution >= 4 is 35.8 Å². The van der Waals surface area contributed by atoms with Gasteiger partial charge in [0.25, 0.3) is 0 Å². The standard InChI is InChI=1S/C73H124O12/c1-9-11-13-15-17-19-21-23-25-27-29-31-33-35-37-39-67(75)80-54-62(55-81-68(76)40-38-36-34-32-30-28-26-24-22-20-18-16-14-12-10-2)84-70(78)52-57(4)42-41-56(3)51-69(77)82-59(6)83-71(79)85-61-47-49-72(7)60(53-61)43-44-63-65-46-45-64(58(5)74)73(65,8)50-48-66(63)72/h23-26,56-57,59-66H,9-22,27-55H2,1-8H3/b25-23-,26-24-/t56?,57?,59?,60-,61+,63+,64-,65+,66+,72+,73-/m1/s1. The Morgan fingerprint density at radius 2 is 0.929 bits per heavy atom. The summed E-state index contributed by atoms with van der Waals surface area (Å²) in [6.07, 6.45) is 48.2. The first kappa shape index (κ1) is 73.8. The Kier molecular flexibility index (Phi) is 36.7. The van der Waals surface area contributed by atoms with Crippen LogP contribution >= 0.6 is 0 Å². The number of hydrogen-bond donors (Lipinski definition) is 0. The van der Waals surface area contributed by atoms with E-state index in [1.54, 1.807) is 6.92 Å². The molecule has 12 nitrogen and oxygen atoms in total. The van der Waals surface area contributed by atoms with Crippen molar-refractivity contribution < 1.29 is 57.2 Å². The van der Waals surface area contributed by atoms with Gasteiger partial charge in [-0.15, -0.1) is 0 Å². The van der Waals surface area contributed by atoms with Gasteiger partial charge in [0.05, 0.1) is 0 Å². The molecule has 11 atom stereocenters. The second-order valence-electron chi connectivity index (χ2n) is 27.7. The SMILES string of the molecule is CCCCCCCC/C=C\CCCCCCCC(=O)OCC(COC(=O)CCCCCCC/C=C\CCCCCCCC)OC(=O)CC(C)CCC(C)CC(=O)OC(C)OC(=O)O[C@H]1CC[C@@]2(C)[C@H](CC[C@@H]3[C@@H]2CC[C@]2(C)[C@@H](C(C)=O)CC[C@@H]32)C1. The van der Waals surface area contributed by atoms with Gasteiger partial charge in [0.15, 0.2) is 6.10 Å². The minimum Gasteiger partial charge on any atom is -0.462 e. The quantitative estimate of drug-likeness (QED) is 0.0187. The predicted molar refractivity (Wildman–Crippen MR) is 340 cm³/mol. The molecule has 85 heavy (non-hydrogen) atoms. The molecule has 4 saturated carbocycles. The first-order valence-electron chi connectivity index (χ1n) is 35.4. The molecule has 4 aliphatic rings. The van der Waals surface area contributed by atoms with Gasteiger partial charge in [-0.3, -0.25) is 24.0 Å². The van der Waals surface area contributed by atoms with Crippen LogP contribution in [0, 0.1) is 52.3 Å². The minimum absolute atomic E-state index is 0.0612. The lowest BCUT2D eigenvalue weighted by Gasteiger charge is -2.61. The van der Waals surface area contributed by atoms with Crippen LogP contribution in [0.25, 0.3) is 0 Å².